The minimum atomic E-state index is -4.72. The van der Waals surface area contributed by atoms with Crippen LogP contribution in [-0.4, -0.2) is 46.2 Å². The van der Waals surface area contributed by atoms with Crippen LogP contribution in [0.4, 0.5) is 22.0 Å². The third-order valence-corrected chi connectivity index (χ3v) is 7.83. The summed E-state index contributed by atoms with van der Waals surface area (Å²) in [5.74, 6) is -3.74. The van der Waals surface area contributed by atoms with Gasteiger partial charge in [-0.15, -0.1) is 0 Å². The summed E-state index contributed by atoms with van der Waals surface area (Å²) < 4.78 is 93.0. The lowest BCUT2D eigenvalue weighted by Gasteiger charge is -2.25. The second-order valence-corrected chi connectivity index (χ2v) is 10.3. The number of rotatable bonds is 6. The number of hydrogen-bond donors (Lipinski definition) is 1. The lowest BCUT2D eigenvalue weighted by atomic mass is 10.0. The van der Waals surface area contributed by atoms with Gasteiger partial charge < -0.3 is 5.32 Å². The summed E-state index contributed by atoms with van der Waals surface area (Å²) in [7, 11) is -4.10. The Balaban J connectivity index is 1.51. The zero-order valence-corrected chi connectivity index (χ0v) is 20.0. The van der Waals surface area contributed by atoms with Gasteiger partial charge >= 0.3 is 6.18 Å². The van der Waals surface area contributed by atoms with E-state index in [1.165, 1.54) is 6.07 Å². The van der Waals surface area contributed by atoms with Crippen LogP contribution in [0.3, 0.4) is 0 Å². The van der Waals surface area contributed by atoms with E-state index in [2.05, 4.69) is 20.3 Å². The Morgan fingerprint density at radius 2 is 1.73 bits per heavy atom. The quantitative estimate of drug-likeness (QED) is 0.479. The SMILES string of the molecule is C[C@H]1CCN(S(=O)(=O)c2ccc(F)cc2)[C@@H]1C(=O)NCc1cc(-c2cnc(C(F)(F)F)nc2)ncc1F. The van der Waals surface area contributed by atoms with Crippen LogP contribution < -0.4 is 5.32 Å². The maximum atomic E-state index is 14.4. The van der Waals surface area contributed by atoms with E-state index in [9.17, 15) is 35.2 Å². The van der Waals surface area contributed by atoms with E-state index < -0.39 is 45.6 Å². The molecule has 8 nitrogen and oxygen atoms in total. The molecule has 1 amide bonds. The zero-order valence-electron chi connectivity index (χ0n) is 19.2. The molecule has 37 heavy (non-hydrogen) atoms. The summed E-state index contributed by atoms with van der Waals surface area (Å²) in [5.41, 5.74) is 0.146. The molecular formula is C23H20F5N5O3S. The fourth-order valence-corrected chi connectivity index (χ4v) is 5.68. The molecule has 0 saturated carbocycles. The summed E-state index contributed by atoms with van der Waals surface area (Å²) in [5, 5.41) is 2.53. The average molecular weight is 542 g/mol. The van der Waals surface area contributed by atoms with Crippen molar-refractivity contribution in [3.8, 4) is 11.3 Å². The van der Waals surface area contributed by atoms with Gasteiger partial charge in [0, 0.05) is 36.6 Å². The number of hydrogen-bond acceptors (Lipinski definition) is 6. The van der Waals surface area contributed by atoms with Crippen molar-refractivity contribution in [1.29, 1.82) is 0 Å². The van der Waals surface area contributed by atoms with Crippen LogP contribution >= 0.6 is 0 Å². The minimum absolute atomic E-state index is 0.0307. The topological polar surface area (TPSA) is 105 Å². The number of pyridine rings is 1. The van der Waals surface area contributed by atoms with Crippen molar-refractivity contribution in [2.24, 2.45) is 5.92 Å². The van der Waals surface area contributed by atoms with Gasteiger partial charge in [-0.05, 0) is 42.7 Å². The number of carbonyl (C=O) groups excluding carboxylic acids is 1. The fraction of sp³-hybridized carbons (Fsp3) is 0.304. The molecule has 0 spiro atoms. The first-order chi connectivity index (χ1) is 17.4. The number of carbonyl (C=O) groups is 1. The van der Waals surface area contributed by atoms with Crippen molar-refractivity contribution in [2.75, 3.05) is 6.54 Å². The first-order valence-corrected chi connectivity index (χ1v) is 12.4. The van der Waals surface area contributed by atoms with Crippen LogP contribution in [-0.2, 0) is 27.5 Å². The van der Waals surface area contributed by atoms with Crippen molar-refractivity contribution >= 4 is 15.9 Å². The van der Waals surface area contributed by atoms with Crippen molar-refractivity contribution in [1.82, 2.24) is 24.6 Å². The second kappa shape index (κ2) is 10.1. The lowest BCUT2D eigenvalue weighted by molar-refractivity contribution is -0.145. The molecule has 0 bridgehead atoms. The summed E-state index contributed by atoms with van der Waals surface area (Å²) >= 11 is 0. The van der Waals surface area contributed by atoms with E-state index in [-0.39, 0.29) is 40.7 Å². The number of aromatic nitrogens is 3. The van der Waals surface area contributed by atoms with E-state index in [1.54, 1.807) is 6.92 Å². The highest BCUT2D eigenvalue weighted by Crippen LogP contribution is 2.31. The van der Waals surface area contributed by atoms with Gasteiger partial charge in [0.1, 0.15) is 17.7 Å². The molecule has 3 aromatic rings. The van der Waals surface area contributed by atoms with Gasteiger partial charge in [-0.2, -0.15) is 17.5 Å². The van der Waals surface area contributed by atoms with Crippen LogP contribution in [0.25, 0.3) is 11.3 Å². The van der Waals surface area contributed by atoms with E-state index in [0.29, 0.717) is 6.42 Å². The first-order valence-electron chi connectivity index (χ1n) is 11.0. The van der Waals surface area contributed by atoms with Crippen LogP contribution in [0, 0.1) is 17.6 Å². The normalized spacial score (nSPS) is 18.6. The van der Waals surface area contributed by atoms with Gasteiger partial charge in [0.25, 0.3) is 0 Å². The van der Waals surface area contributed by atoms with Gasteiger partial charge in [-0.3, -0.25) is 9.78 Å². The highest BCUT2D eigenvalue weighted by molar-refractivity contribution is 7.89. The van der Waals surface area contributed by atoms with Gasteiger partial charge in [-0.1, -0.05) is 6.92 Å². The van der Waals surface area contributed by atoms with Crippen LogP contribution in [0.1, 0.15) is 24.7 Å². The molecule has 0 radical (unpaired) electrons. The molecule has 1 N–H and O–H groups in total. The molecule has 0 aliphatic carbocycles. The van der Waals surface area contributed by atoms with Crippen molar-refractivity contribution in [2.45, 2.75) is 37.0 Å². The summed E-state index contributed by atoms with van der Waals surface area (Å²) in [4.78, 5) is 23.2. The monoisotopic (exact) mass is 541 g/mol. The Labute approximate surface area is 208 Å². The number of sulfonamides is 1. The van der Waals surface area contributed by atoms with Crippen LogP contribution in [0.15, 0.2) is 53.8 Å². The summed E-state index contributed by atoms with van der Waals surface area (Å²) in [6.07, 6.45) is -1.68. The van der Waals surface area contributed by atoms with Crippen molar-refractivity contribution < 1.29 is 35.2 Å². The molecule has 1 saturated heterocycles. The van der Waals surface area contributed by atoms with Crippen molar-refractivity contribution in [3.05, 3.63) is 71.9 Å². The number of amides is 1. The second-order valence-electron chi connectivity index (χ2n) is 8.45. The molecule has 1 fully saturated rings. The molecule has 2 aromatic heterocycles. The molecule has 0 unspecified atom stereocenters. The largest absolute Gasteiger partial charge is 0.451 e. The number of benzene rings is 1. The third-order valence-electron chi connectivity index (χ3n) is 5.93. The van der Waals surface area contributed by atoms with Gasteiger partial charge in [0.05, 0.1) is 16.8 Å². The molecule has 1 aromatic carbocycles. The highest BCUT2D eigenvalue weighted by Gasteiger charge is 2.43. The number of nitrogens with one attached hydrogen (secondary N) is 1. The predicted molar refractivity (Wildman–Crippen MR) is 120 cm³/mol. The molecule has 1 aliphatic rings. The van der Waals surface area contributed by atoms with Gasteiger partial charge in [0.2, 0.25) is 21.8 Å². The maximum absolute atomic E-state index is 14.4. The summed E-state index contributed by atoms with van der Waals surface area (Å²) in [6, 6.07) is 4.39. The zero-order chi connectivity index (χ0) is 27.0. The lowest BCUT2D eigenvalue weighted by Crippen LogP contribution is -2.47. The standard InChI is InChI=1S/C23H20F5N5O3S/c1-13-6-7-33(37(35,36)17-4-2-16(24)3-5-17)20(13)21(34)30-9-14-8-19(29-12-18(14)25)15-10-31-22(32-11-15)23(26,27)28/h2-5,8,10-13,20H,6-7,9H2,1H3,(H,30,34)/t13-,20-/m0/s1. The Morgan fingerprint density at radius 1 is 1.08 bits per heavy atom. The summed E-state index contributed by atoms with van der Waals surface area (Å²) in [6.45, 7) is 1.44. The molecule has 4 rings (SSSR count). The van der Waals surface area contributed by atoms with Crippen LogP contribution in [0.5, 0.6) is 0 Å². The van der Waals surface area contributed by atoms with Crippen molar-refractivity contribution in [3.63, 3.8) is 0 Å². The average Bonchev–Trinajstić information content (AvgIpc) is 3.25. The van der Waals surface area contributed by atoms with E-state index in [1.807, 2.05) is 0 Å². The Kier molecular flexibility index (Phi) is 7.24. The molecular weight excluding hydrogens is 521 g/mol. The molecule has 196 valence electrons. The first kappa shape index (κ1) is 26.5. The predicted octanol–water partition coefficient (Wildman–Crippen LogP) is 3.55. The smallest absolute Gasteiger partial charge is 0.351 e. The number of nitrogens with zero attached hydrogens (tertiary/aromatic N) is 4. The number of halogens is 5. The maximum Gasteiger partial charge on any atom is 0.451 e. The fourth-order valence-electron chi connectivity index (χ4n) is 3.98. The van der Waals surface area contributed by atoms with E-state index in [0.717, 1.165) is 47.2 Å². The molecule has 2 atom stereocenters. The van der Waals surface area contributed by atoms with E-state index in [4.69, 9.17) is 0 Å². The molecule has 3 heterocycles. The Hall–Kier alpha value is -3.52. The van der Waals surface area contributed by atoms with Gasteiger partial charge in [0.15, 0.2) is 0 Å². The number of alkyl halides is 3. The third kappa shape index (κ3) is 5.59. The van der Waals surface area contributed by atoms with E-state index >= 15 is 0 Å². The minimum Gasteiger partial charge on any atom is -0.351 e. The highest BCUT2D eigenvalue weighted by atomic mass is 32.2. The molecule has 14 heteroatoms. The van der Waals surface area contributed by atoms with Crippen LogP contribution in [0.2, 0.25) is 0 Å². The van der Waals surface area contributed by atoms with Gasteiger partial charge in [-0.25, -0.2) is 27.2 Å². The Morgan fingerprint density at radius 3 is 2.35 bits per heavy atom. The Bertz CT molecular complexity index is 1400. The molecule has 1 aliphatic heterocycles.